The van der Waals surface area contributed by atoms with E-state index in [1.807, 2.05) is 19.2 Å². The molecule has 0 radical (unpaired) electrons. The van der Waals surface area contributed by atoms with Crippen LogP contribution < -0.4 is 11.1 Å². The van der Waals surface area contributed by atoms with Crippen molar-refractivity contribution in [1.82, 2.24) is 14.8 Å². The maximum absolute atomic E-state index is 12.7. The predicted octanol–water partition coefficient (Wildman–Crippen LogP) is 3.35. The first-order chi connectivity index (χ1) is 15.5. The number of urea groups is 1. The Balaban J connectivity index is 1.67. The van der Waals surface area contributed by atoms with Gasteiger partial charge >= 0.3 is 6.03 Å². The molecule has 0 unspecified atom stereocenters. The van der Waals surface area contributed by atoms with Crippen LogP contribution in [0.1, 0.15) is 5.56 Å². The van der Waals surface area contributed by atoms with Crippen molar-refractivity contribution < 1.29 is 9.90 Å². The van der Waals surface area contributed by atoms with Crippen molar-refractivity contribution in [3.63, 3.8) is 0 Å². The number of likely N-dealkylation sites (N-methyl/N-ethyl adjacent to an activating group) is 1. The Kier molecular flexibility index (Phi) is 5.92. The van der Waals surface area contributed by atoms with Gasteiger partial charge in [-0.15, -0.1) is 0 Å². The summed E-state index contributed by atoms with van der Waals surface area (Å²) in [7, 11) is 2.04. The number of rotatable bonds is 3. The molecule has 0 saturated carbocycles. The number of nitrogen functional groups attached to an aromatic ring is 1. The second kappa shape index (κ2) is 8.96. The number of aromatic nitrogens is 1. The van der Waals surface area contributed by atoms with Crippen LogP contribution in [0, 0.1) is 11.3 Å². The lowest BCUT2D eigenvalue weighted by Gasteiger charge is -2.32. The van der Waals surface area contributed by atoms with E-state index in [2.05, 4.69) is 21.3 Å². The molecule has 0 bridgehead atoms. The minimum Gasteiger partial charge on any atom is -0.507 e. The average Bonchev–Trinajstić information content (AvgIpc) is 2.79. The van der Waals surface area contributed by atoms with Crippen LogP contribution in [0.25, 0.3) is 22.4 Å². The number of carbonyl (C=O) groups excluding carboxylic acids is 1. The summed E-state index contributed by atoms with van der Waals surface area (Å²) in [5, 5.41) is 22.9. The monoisotopic (exact) mass is 428 g/mol. The summed E-state index contributed by atoms with van der Waals surface area (Å²) in [6.07, 6.45) is 0. The van der Waals surface area contributed by atoms with E-state index in [4.69, 9.17) is 5.73 Å². The van der Waals surface area contributed by atoms with Gasteiger partial charge in [-0.2, -0.15) is 5.26 Å². The minimum atomic E-state index is -0.153. The standard InChI is InChI=1S/C24H24N6O2/c1-29-9-11-30(12-10-29)24(32)27-17-6-4-5-16(13-17)19-14-21(28-23(26)20(19)15-25)18-7-2-3-8-22(18)31/h2-8,13-14,31H,9-12H2,1H3,(H2,26,28)(H,27,32). The number of anilines is 2. The summed E-state index contributed by atoms with van der Waals surface area (Å²) < 4.78 is 0. The summed E-state index contributed by atoms with van der Waals surface area (Å²) in [5.41, 5.74) is 9.22. The predicted molar refractivity (Wildman–Crippen MR) is 124 cm³/mol. The molecule has 4 rings (SSSR count). The highest BCUT2D eigenvalue weighted by atomic mass is 16.3. The minimum absolute atomic E-state index is 0.0725. The van der Waals surface area contributed by atoms with Crippen LogP contribution in [0.15, 0.2) is 54.6 Å². The molecular weight excluding hydrogens is 404 g/mol. The van der Waals surface area contributed by atoms with Gasteiger partial charge in [0.15, 0.2) is 0 Å². The van der Waals surface area contributed by atoms with Crippen molar-refractivity contribution in [2.45, 2.75) is 0 Å². The fraction of sp³-hybridized carbons (Fsp3) is 0.208. The number of phenols is 1. The van der Waals surface area contributed by atoms with Gasteiger partial charge in [-0.05, 0) is 42.9 Å². The van der Waals surface area contributed by atoms with Crippen LogP contribution in [0.3, 0.4) is 0 Å². The number of pyridine rings is 1. The van der Waals surface area contributed by atoms with Gasteiger partial charge in [0.1, 0.15) is 23.2 Å². The Labute approximate surface area is 186 Å². The Morgan fingerprint density at radius 2 is 1.84 bits per heavy atom. The third-order valence-electron chi connectivity index (χ3n) is 5.55. The van der Waals surface area contributed by atoms with Crippen LogP contribution in [-0.4, -0.2) is 59.1 Å². The molecule has 1 aliphatic rings. The molecule has 4 N–H and O–H groups in total. The number of nitriles is 1. The van der Waals surface area contributed by atoms with Gasteiger partial charge in [-0.3, -0.25) is 0 Å². The molecule has 2 amide bonds. The first-order valence-electron chi connectivity index (χ1n) is 10.3. The maximum Gasteiger partial charge on any atom is 0.321 e. The lowest BCUT2D eigenvalue weighted by atomic mass is 9.98. The van der Waals surface area contributed by atoms with Gasteiger partial charge in [-0.1, -0.05) is 24.3 Å². The highest BCUT2D eigenvalue weighted by Crippen LogP contribution is 2.35. The van der Waals surface area contributed by atoms with Gasteiger partial charge in [-0.25, -0.2) is 9.78 Å². The van der Waals surface area contributed by atoms with Gasteiger partial charge < -0.3 is 26.0 Å². The smallest absolute Gasteiger partial charge is 0.321 e. The molecule has 1 fully saturated rings. The summed E-state index contributed by atoms with van der Waals surface area (Å²) in [4.78, 5) is 20.9. The van der Waals surface area contributed by atoms with Crippen LogP contribution >= 0.6 is 0 Å². The number of hydrogen-bond donors (Lipinski definition) is 3. The Bertz CT molecular complexity index is 1200. The molecule has 8 nitrogen and oxygen atoms in total. The zero-order valence-electron chi connectivity index (χ0n) is 17.7. The zero-order valence-corrected chi connectivity index (χ0v) is 17.7. The van der Waals surface area contributed by atoms with Crippen LogP contribution in [0.5, 0.6) is 5.75 Å². The van der Waals surface area contributed by atoms with E-state index in [9.17, 15) is 15.2 Å². The van der Waals surface area contributed by atoms with Crippen LogP contribution in [0.2, 0.25) is 0 Å². The van der Waals surface area contributed by atoms with E-state index in [-0.39, 0.29) is 23.2 Å². The van der Waals surface area contributed by atoms with E-state index in [1.54, 1.807) is 47.4 Å². The summed E-state index contributed by atoms with van der Waals surface area (Å²) >= 11 is 0. The fourth-order valence-corrected chi connectivity index (χ4v) is 3.71. The zero-order chi connectivity index (χ0) is 22.7. The van der Waals surface area contributed by atoms with Gasteiger partial charge in [0.25, 0.3) is 0 Å². The number of piperazine rings is 1. The molecule has 1 aromatic heterocycles. The molecule has 2 heterocycles. The van der Waals surface area contributed by atoms with Crippen molar-refractivity contribution in [3.05, 3.63) is 60.2 Å². The summed E-state index contributed by atoms with van der Waals surface area (Å²) in [6.45, 7) is 3.02. The Morgan fingerprint density at radius 3 is 2.56 bits per heavy atom. The maximum atomic E-state index is 12.7. The van der Waals surface area contributed by atoms with E-state index in [0.29, 0.717) is 41.2 Å². The number of benzene rings is 2. The van der Waals surface area contributed by atoms with Gasteiger partial charge in [0.2, 0.25) is 0 Å². The van der Waals surface area contributed by atoms with Crippen molar-refractivity contribution in [1.29, 1.82) is 5.26 Å². The highest BCUT2D eigenvalue weighted by Gasteiger charge is 2.20. The normalized spacial score (nSPS) is 14.1. The summed E-state index contributed by atoms with van der Waals surface area (Å²) in [6, 6.07) is 17.8. The van der Waals surface area contributed by atoms with Crippen LogP contribution in [0.4, 0.5) is 16.3 Å². The molecule has 162 valence electrons. The van der Waals surface area contributed by atoms with E-state index in [1.165, 1.54) is 0 Å². The fourth-order valence-electron chi connectivity index (χ4n) is 3.71. The SMILES string of the molecule is CN1CCN(C(=O)Nc2cccc(-c3cc(-c4ccccc4O)nc(N)c3C#N)c2)CC1. The molecule has 0 atom stereocenters. The third-order valence-corrected chi connectivity index (χ3v) is 5.55. The second-order valence-electron chi connectivity index (χ2n) is 7.75. The lowest BCUT2D eigenvalue weighted by molar-refractivity contribution is 0.164. The van der Waals surface area contributed by atoms with Crippen molar-refractivity contribution >= 4 is 17.5 Å². The number of para-hydroxylation sites is 1. The second-order valence-corrected chi connectivity index (χ2v) is 7.75. The van der Waals surface area contributed by atoms with Crippen LogP contribution in [-0.2, 0) is 0 Å². The number of nitrogens with two attached hydrogens (primary N) is 1. The lowest BCUT2D eigenvalue weighted by Crippen LogP contribution is -2.48. The number of nitrogens with zero attached hydrogens (tertiary/aromatic N) is 4. The molecule has 0 spiro atoms. The van der Waals surface area contributed by atoms with E-state index < -0.39 is 0 Å². The number of amides is 2. The third kappa shape index (κ3) is 4.33. The number of nitrogens with one attached hydrogen (secondary N) is 1. The topological polar surface area (TPSA) is 119 Å². The molecule has 8 heteroatoms. The molecule has 32 heavy (non-hydrogen) atoms. The van der Waals surface area contributed by atoms with E-state index >= 15 is 0 Å². The molecule has 1 aliphatic heterocycles. The van der Waals surface area contributed by atoms with Crippen molar-refractivity contribution in [2.24, 2.45) is 0 Å². The molecule has 2 aromatic carbocycles. The average molecular weight is 428 g/mol. The van der Waals surface area contributed by atoms with Gasteiger partial charge in [0, 0.05) is 43.0 Å². The summed E-state index contributed by atoms with van der Waals surface area (Å²) in [5.74, 6) is 0.151. The molecule has 0 aliphatic carbocycles. The highest BCUT2D eigenvalue weighted by molar-refractivity contribution is 5.91. The number of hydrogen-bond acceptors (Lipinski definition) is 6. The first-order valence-corrected chi connectivity index (χ1v) is 10.3. The Hall–Kier alpha value is -4.09. The Morgan fingerprint density at radius 1 is 1.09 bits per heavy atom. The largest absolute Gasteiger partial charge is 0.507 e. The van der Waals surface area contributed by atoms with Crippen molar-refractivity contribution in [3.8, 4) is 34.2 Å². The first kappa shape index (κ1) is 21.2. The molecule has 1 saturated heterocycles. The van der Waals surface area contributed by atoms with E-state index in [0.717, 1.165) is 13.1 Å². The number of phenolic OH excluding ortho intramolecular Hbond substituents is 1. The molecular formula is C24H24N6O2. The molecule has 3 aromatic rings. The number of aromatic hydroxyl groups is 1. The number of carbonyl (C=O) groups is 1. The van der Waals surface area contributed by atoms with Crippen molar-refractivity contribution in [2.75, 3.05) is 44.3 Å². The quantitative estimate of drug-likeness (QED) is 0.589. The van der Waals surface area contributed by atoms with Gasteiger partial charge in [0.05, 0.1) is 5.69 Å².